The topological polar surface area (TPSA) is 168 Å². The zero-order valence-electron chi connectivity index (χ0n) is 16.2. The second-order valence-electron chi connectivity index (χ2n) is 6.37. The van der Waals surface area contributed by atoms with Crippen molar-refractivity contribution in [2.45, 2.75) is 37.3 Å². The van der Waals surface area contributed by atoms with Crippen molar-refractivity contribution in [1.29, 1.82) is 0 Å². The minimum Gasteiger partial charge on any atom is -0.542 e. The van der Waals surface area contributed by atoms with Gasteiger partial charge in [-0.05, 0) is 30.3 Å². The average molecular weight is 451 g/mol. The molecule has 0 saturated carbocycles. The first-order valence-corrected chi connectivity index (χ1v) is 8.92. The Morgan fingerprint density at radius 2 is 1.80 bits per heavy atom. The predicted molar refractivity (Wildman–Crippen MR) is 97.4 cm³/mol. The van der Waals surface area contributed by atoms with Crippen molar-refractivity contribution in [3.8, 4) is 0 Å². The molecule has 30 heavy (non-hydrogen) atoms. The molecule has 2 amide bonds. The second-order valence-corrected chi connectivity index (χ2v) is 6.81. The molecule has 0 spiro atoms. The summed E-state index contributed by atoms with van der Waals surface area (Å²) in [5.74, 6) is -3.62. The molecule has 1 aliphatic rings. The monoisotopic (exact) mass is 450 g/mol. The summed E-state index contributed by atoms with van der Waals surface area (Å²) in [7, 11) is 0. The van der Waals surface area contributed by atoms with E-state index in [4.69, 9.17) is 21.4 Å². The van der Waals surface area contributed by atoms with Gasteiger partial charge >= 0.3 is 29.6 Å². The molecule has 1 aliphatic heterocycles. The zero-order chi connectivity index (χ0) is 21.7. The molecule has 2 rings (SSSR count). The van der Waals surface area contributed by atoms with Crippen LogP contribution in [0.1, 0.15) is 17.3 Å². The summed E-state index contributed by atoms with van der Waals surface area (Å²) in [5.41, 5.74) is 0.207. The van der Waals surface area contributed by atoms with Crippen LogP contribution in [-0.4, -0.2) is 70.1 Å². The number of hydrogen-bond donors (Lipinski definition) is 5. The number of aliphatic hydroxyl groups excluding tert-OH is 3. The summed E-state index contributed by atoms with van der Waals surface area (Å²) in [5, 5.41) is 45.8. The quantitative estimate of drug-likeness (QED) is 0.257. The Bertz CT molecular complexity index is 804. The average Bonchev–Trinajstić information content (AvgIpc) is 2.67. The van der Waals surface area contributed by atoms with Crippen LogP contribution in [0.3, 0.4) is 0 Å². The van der Waals surface area contributed by atoms with Crippen molar-refractivity contribution in [3.63, 3.8) is 0 Å². The van der Waals surface area contributed by atoms with E-state index in [1.54, 1.807) is 0 Å². The van der Waals surface area contributed by atoms with Crippen LogP contribution in [0.2, 0.25) is 5.02 Å². The van der Waals surface area contributed by atoms with Crippen molar-refractivity contribution in [2.24, 2.45) is 0 Å². The van der Waals surface area contributed by atoms with Gasteiger partial charge in [0.15, 0.2) is 0 Å². The zero-order valence-corrected chi connectivity index (χ0v) is 19.0. The molecule has 12 heteroatoms. The van der Waals surface area contributed by atoms with Gasteiger partial charge in [0.1, 0.15) is 30.0 Å². The Morgan fingerprint density at radius 3 is 2.30 bits per heavy atom. The van der Waals surface area contributed by atoms with E-state index >= 15 is 0 Å². The van der Waals surface area contributed by atoms with Crippen molar-refractivity contribution in [2.75, 3.05) is 6.61 Å². The first-order chi connectivity index (χ1) is 13.6. The fourth-order valence-electron chi connectivity index (χ4n) is 2.83. The largest absolute Gasteiger partial charge is 1.00 e. The molecule has 0 fully saturated rings. The molecule has 0 aliphatic carbocycles. The van der Waals surface area contributed by atoms with Gasteiger partial charge in [0.05, 0.1) is 18.7 Å². The smallest absolute Gasteiger partial charge is 0.542 e. The van der Waals surface area contributed by atoms with E-state index < -0.39 is 60.5 Å². The van der Waals surface area contributed by atoms with Crippen LogP contribution in [0.15, 0.2) is 36.1 Å². The van der Waals surface area contributed by atoms with E-state index in [1.807, 2.05) is 0 Å². The SMILES string of the molecule is CC(=O)N[C@H]1[C@H]([C@H](O)[C@H](O)CO)OC(C(=O)[O-])=C[C@@H]1NC(=O)c1ccc(Cl)cc1.[Na+]. The summed E-state index contributed by atoms with van der Waals surface area (Å²) in [6.45, 7) is 0.321. The Labute approximate surface area is 199 Å². The van der Waals surface area contributed by atoms with E-state index in [9.17, 15) is 29.7 Å². The molecule has 158 valence electrons. The molecule has 1 heterocycles. The summed E-state index contributed by atoms with van der Waals surface area (Å²) >= 11 is 5.79. The molecule has 1 aromatic carbocycles. The summed E-state index contributed by atoms with van der Waals surface area (Å²) < 4.78 is 5.17. The molecule has 5 N–H and O–H groups in total. The second kappa shape index (κ2) is 11.7. The molecule has 0 bridgehead atoms. The molecule has 10 nitrogen and oxygen atoms in total. The van der Waals surface area contributed by atoms with Crippen LogP contribution in [0.4, 0.5) is 0 Å². The number of hydrogen-bond acceptors (Lipinski definition) is 8. The fraction of sp³-hybridized carbons (Fsp3) is 0.389. The number of carboxylic acid groups (broad SMARTS) is 1. The minimum atomic E-state index is -1.78. The number of carbonyl (C=O) groups excluding carboxylic acids is 3. The number of ether oxygens (including phenoxy) is 1. The number of nitrogens with one attached hydrogen (secondary N) is 2. The van der Waals surface area contributed by atoms with Gasteiger partial charge in [0.25, 0.3) is 5.91 Å². The minimum absolute atomic E-state index is 0. The van der Waals surface area contributed by atoms with E-state index in [0.29, 0.717) is 5.02 Å². The molecule has 0 saturated heterocycles. The maximum Gasteiger partial charge on any atom is 1.00 e. The van der Waals surface area contributed by atoms with Crippen molar-refractivity contribution in [3.05, 3.63) is 46.7 Å². The molecule has 0 aromatic heterocycles. The number of aliphatic carboxylic acids is 1. The van der Waals surface area contributed by atoms with E-state index in [0.717, 1.165) is 6.08 Å². The van der Waals surface area contributed by atoms with Crippen LogP contribution in [0.5, 0.6) is 0 Å². The summed E-state index contributed by atoms with van der Waals surface area (Å²) in [6, 6.07) is 3.54. The molecule has 0 unspecified atom stereocenters. The van der Waals surface area contributed by atoms with Crippen molar-refractivity contribution in [1.82, 2.24) is 10.6 Å². The molecular formula is C18H20ClN2NaO8. The number of benzene rings is 1. The van der Waals surface area contributed by atoms with Gasteiger partial charge in [-0.1, -0.05) is 11.6 Å². The first kappa shape index (κ1) is 26.4. The molecule has 5 atom stereocenters. The maximum atomic E-state index is 12.5. The van der Waals surface area contributed by atoms with Gasteiger partial charge < -0.3 is 40.6 Å². The van der Waals surface area contributed by atoms with Crippen LogP contribution in [0.25, 0.3) is 0 Å². The van der Waals surface area contributed by atoms with Gasteiger partial charge in [-0.15, -0.1) is 0 Å². The van der Waals surface area contributed by atoms with Gasteiger partial charge in [-0.25, -0.2) is 0 Å². The van der Waals surface area contributed by atoms with Crippen LogP contribution < -0.4 is 45.3 Å². The summed E-state index contributed by atoms with van der Waals surface area (Å²) in [6.07, 6.45) is -3.97. The molecular weight excluding hydrogens is 431 g/mol. The van der Waals surface area contributed by atoms with Crippen molar-refractivity contribution < 1.29 is 69.1 Å². The Morgan fingerprint density at radius 1 is 1.20 bits per heavy atom. The van der Waals surface area contributed by atoms with Crippen molar-refractivity contribution >= 4 is 29.4 Å². The van der Waals surface area contributed by atoms with Crippen LogP contribution in [-0.2, 0) is 14.3 Å². The van der Waals surface area contributed by atoms with E-state index in [2.05, 4.69) is 10.6 Å². The number of amides is 2. The van der Waals surface area contributed by atoms with Crippen LogP contribution >= 0.6 is 11.6 Å². The third-order valence-corrected chi connectivity index (χ3v) is 4.48. The fourth-order valence-corrected chi connectivity index (χ4v) is 2.96. The molecule has 0 radical (unpaired) electrons. The van der Waals surface area contributed by atoms with Gasteiger partial charge in [0.2, 0.25) is 5.91 Å². The van der Waals surface area contributed by atoms with Gasteiger partial charge in [-0.2, -0.15) is 0 Å². The predicted octanol–water partition coefficient (Wildman–Crippen LogP) is -5.31. The standard InChI is InChI=1S/C18H21ClN2O8.Na/c1-8(23)20-14-11(21-17(26)9-2-4-10(19)5-3-9)6-13(18(27)28)29-16(14)15(25)12(24)7-22;/h2-6,11-12,14-16,22,24-25H,7H2,1H3,(H,20,23)(H,21,26)(H,27,28);/q;+1/p-1/t11-,12+,14+,15+,16+;/m0./s1. The summed E-state index contributed by atoms with van der Waals surface area (Å²) in [4.78, 5) is 35.5. The number of carbonyl (C=O) groups is 3. The molecule has 1 aromatic rings. The third kappa shape index (κ3) is 6.67. The van der Waals surface area contributed by atoms with E-state index in [1.165, 1.54) is 31.2 Å². The Balaban J connectivity index is 0.00000450. The van der Waals surface area contributed by atoms with E-state index in [-0.39, 0.29) is 35.1 Å². The van der Waals surface area contributed by atoms with Gasteiger partial charge in [-0.3, -0.25) is 9.59 Å². The maximum absolute atomic E-state index is 12.5. The van der Waals surface area contributed by atoms with Gasteiger partial charge in [0, 0.05) is 17.5 Å². The number of aliphatic hydroxyl groups is 3. The normalized spacial score (nSPS) is 22.4. The Hall–Kier alpha value is -1.66. The number of halogens is 1. The Kier molecular flexibility index (Phi) is 10.2. The first-order valence-electron chi connectivity index (χ1n) is 8.54. The number of rotatable bonds is 7. The third-order valence-electron chi connectivity index (χ3n) is 4.23. The van der Waals surface area contributed by atoms with Crippen LogP contribution in [0, 0.1) is 0 Å². The number of carboxylic acids is 1.